The highest BCUT2D eigenvalue weighted by Crippen LogP contribution is 2.36. The number of carbonyl (C=O) groups excluding carboxylic acids is 4. The number of carboxylic acid groups (broad SMARTS) is 2. The second-order valence-electron chi connectivity index (χ2n) is 16.4. The maximum atomic E-state index is 12.9. The summed E-state index contributed by atoms with van der Waals surface area (Å²) >= 11 is 0. The number of aliphatic carboxylic acids is 2. The number of rotatable bonds is 36. The maximum Gasteiger partial charge on any atom is 0.317 e. The molecule has 6 unspecified atom stereocenters. The van der Waals surface area contributed by atoms with Gasteiger partial charge in [0.1, 0.15) is 0 Å². The Morgan fingerprint density at radius 2 is 1.05 bits per heavy atom. The van der Waals surface area contributed by atoms with Crippen LogP contribution >= 0.6 is 0 Å². The van der Waals surface area contributed by atoms with Crippen molar-refractivity contribution in [1.29, 1.82) is 0 Å². The average molecular weight is 803 g/mol. The van der Waals surface area contributed by atoms with Gasteiger partial charge in [-0.1, -0.05) is 122 Å². The van der Waals surface area contributed by atoms with Crippen LogP contribution < -0.4 is 0 Å². The van der Waals surface area contributed by atoms with Crippen molar-refractivity contribution < 1.29 is 53.2 Å². The first kappa shape index (κ1) is 49.8. The maximum absolute atomic E-state index is 12.9. The normalized spacial score (nSPS) is 19.3. The Labute approximate surface area is 342 Å². The van der Waals surface area contributed by atoms with Crippen LogP contribution in [0.4, 0.5) is 0 Å². The van der Waals surface area contributed by atoms with Crippen LogP contribution in [0.2, 0.25) is 0 Å². The first-order valence-electron chi connectivity index (χ1n) is 22.4. The first-order valence-corrected chi connectivity index (χ1v) is 22.4. The lowest BCUT2D eigenvalue weighted by atomic mass is 9.80. The Morgan fingerprint density at radius 3 is 1.54 bits per heavy atom. The minimum atomic E-state index is -0.786. The predicted octanol–water partition coefficient (Wildman–Crippen LogP) is 10.5. The minimum Gasteiger partial charge on any atom is -0.481 e. The van der Waals surface area contributed by atoms with Crippen LogP contribution in [-0.4, -0.2) is 58.7 Å². The monoisotopic (exact) mass is 803 g/mol. The van der Waals surface area contributed by atoms with Crippen LogP contribution in [0.15, 0.2) is 24.3 Å². The van der Waals surface area contributed by atoms with Gasteiger partial charge >= 0.3 is 35.8 Å². The van der Waals surface area contributed by atoms with Crippen molar-refractivity contribution >= 4 is 35.8 Å². The average Bonchev–Trinajstić information content (AvgIpc) is 3.69. The second kappa shape index (κ2) is 30.7. The highest BCUT2D eigenvalue weighted by molar-refractivity contribution is 5.95. The van der Waals surface area contributed by atoms with Gasteiger partial charge in [-0.25, -0.2) is 0 Å². The summed E-state index contributed by atoms with van der Waals surface area (Å²) in [6.45, 7) is 4.75. The van der Waals surface area contributed by atoms with Gasteiger partial charge in [0.15, 0.2) is 0 Å². The standard InChI is InChI=1S/C46H74O11/c1-3-5-7-9-13-18-24-35(30-36(39-32-43(51)56-45(39)53)25-19-14-10-16-22-28-41(47)48)34-55-38(27-21-12-8-6-4-2)31-37(40-33-44(52)57-46(40)54)26-20-15-11-17-23-29-42(49)50/h18,21,24,27,35-40H,3-17,19-20,22-23,25-26,28-34H2,1-2H3,(H,47,48)(H,49,50)/b24-18+,27-21+. The zero-order chi connectivity index (χ0) is 41.7. The van der Waals surface area contributed by atoms with Crippen LogP contribution in [0, 0.1) is 29.6 Å². The van der Waals surface area contributed by atoms with E-state index in [0.717, 1.165) is 116 Å². The zero-order valence-electron chi connectivity index (χ0n) is 35.1. The molecule has 2 saturated heterocycles. The number of hydrogen-bond acceptors (Lipinski definition) is 9. The van der Waals surface area contributed by atoms with E-state index in [4.69, 9.17) is 24.4 Å². The van der Waals surface area contributed by atoms with Crippen molar-refractivity contribution in [3.05, 3.63) is 24.3 Å². The summed E-state index contributed by atoms with van der Waals surface area (Å²) in [7, 11) is 0. The molecule has 0 saturated carbocycles. The molecule has 0 amide bonds. The molecule has 2 aliphatic heterocycles. The molecule has 0 aromatic heterocycles. The molecule has 2 aliphatic rings. The smallest absolute Gasteiger partial charge is 0.317 e. The molecule has 0 aliphatic carbocycles. The summed E-state index contributed by atoms with van der Waals surface area (Å²) in [6.07, 6.45) is 29.6. The molecule has 0 aromatic rings. The summed E-state index contributed by atoms with van der Waals surface area (Å²) in [6, 6.07) is 0. The van der Waals surface area contributed by atoms with Crippen molar-refractivity contribution in [3.63, 3.8) is 0 Å². The molecule has 2 heterocycles. The molecule has 57 heavy (non-hydrogen) atoms. The van der Waals surface area contributed by atoms with Gasteiger partial charge in [-0.05, 0) is 76.0 Å². The third kappa shape index (κ3) is 23.0. The zero-order valence-corrected chi connectivity index (χ0v) is 35.1. The molecule has 0 aromatic carbocycles. The van der Waals surface area contributed by atoms with E-state index in [1.807, 2.05) is 0 Å². The number of ether oxygens (including phenoxy) is 3. The van der Waals surface area contributed by atoms with Gasteiger partial charge in [0.2, 0.25) is 0 Å². The van der Waals surface area contributed by atoms with E-state index < -0.39 is 47.7 Å². The van der Waals surface area contributed by atoms with E-state index in [1.165, 1.54) is 6.42 Å². The number of unbranched alkanes of at least 4 members (excludes halogenated alkanes) is 15. The molecule has 2 rings (SSSR count). The van der Waals surface area contributed by atoms with Crippen LogP contribution in [-0.2, 0) is 43.0 Å². The van der Waals surface area contributed by atoms with Crippen LogP contribution in [0.5, 0.6) is 0 Å². The van der Waals surface area contributed by atoms with E-state index in [-0.39, 0.29) is 49.5 Å². The van der Waals surface area contributed by atoms with Crippen molar-refractivity contribution in [1.82, 2.24) is 0 Å². The molecule has 0 radical (unpaired) electrons. The lowest BCUT2D eigenvalue weighted by Gasteiger charge is -2.28. The number of carboxylic acids is 2. The molecule has 324 valence electrons. The highest BCUT2D eigenvalue weighted by atomic mass is 16.6. The lowest BCUT2D eigenvalue weighted by Crippen LogP contribution is -2.27. The Morgan fingerprint density at radius 1 is 0.614 bits per heavy atom. The SMILES string of the molecule is CCCCC/C=C/C(CC(CCCCCCCC(=O)O)C1CC(=O)OC1=O)OCC(/C=C/CCCCCC)CC(CCCCCCCC(=O)O)C1CC(=O)OC1=O. The number of allylic oxidation sites excluding steroid dienone is 2. The number of carbonyl (C=O) groups is 6. The fourth-order valence-corrected chi connectivity index (χ4v) is 8.17. The first-order chi connectivity index (χ1) is 27.5. The van der Waals surface area contributed by atoms with Gasteiger partial charge in [0.25, 0.3) is 0 Å². The molecule has 2 N–H and O–H groups in total. The van der Waals surface area contributed by atoms with Crippen molar-refractivity contribution in [3.8, 4) is 0 Å². The molecule has 11 heteroatoms. The Kier molecular flexibility index (Phi) is 26.8. The quantitative estimate of drug-likeness (QED) is 0.0267. The van der Waals surface area contributed by atoms with E-state index in [0.29, 0.717) is 32.3 Å². The van der Waals surface area contributed by atoms with Gasteiger partial charge in [-0.2, -0.15) is 0 Å². The van der Waals surface area contributed by atoms with Crippen molar-refractivity contribution in [2.45, 2.75) is 193 Å². The van der Waals surface area contributed by atoms with E-state index in [1.54, 1.807) is 0 Å². The molecular weight excluding hydrogens is 728 g/mol. The lowest BCUT2D eigenvalue weighted by molar-refractivity contribution is -0.155. The molecule has 11 nitrogen and oxygen atoms in total. The molecule has 0 bridgehead atoms. The highest BCUT2D eigenvalue weighted by Gasteiger charge is 2.41. The molecule has 0 spiro atoms. The largest absolute Gasteiger partial charge is 0.481 e. The minimum absolute atomic E-state index is 0.0292. The van der Waals surface area contributed by atoms with Crippen LogP contribution in [0.3, 0.4) is 0 Å². The van der Waals surface area contributed by atoms with Gasteiger partial charge in [-0.3, -0.25) is 28.8 Å². The van der Waals surface area contributed by atoms with Gasteiger partial charge in [-0.15, -0.1) is 0 Å². The molecule has 6 atom stereocenters. The predicted molar refractivity (Wildman–Crippen MR) is 219 cm³/mol. The Balaban J connectivity index is 2.25. The van der Waals surface area contributed by atoms with E-state index in [9.17, 15) is 28.8 Å². The summed E-state index contributed by atoms with van der Waals surface area (Å²) < 4.78 is 16.8. The number of esters is 4. The Hall–Kier alpha value is -3.34. The number of cyclic esters (lactones) is 4. The second-order valence-corrected chi connectivity index (χ2v) is 16.4. The third-order valence-electron chi connectivity index (χ3n) is 11.5. The Bertz CT molecular complexity index is 1260. The fraction of sp³-hybridized carbons (Fsp3) is 0.783. The third-order valence-corrected chi connectivity index (χ3v) is 11.5. The van der Waals surface area contributed by atoms with Gasteiger partial charge in [0, 0.05) is 18.8 Å². The van der Waals surface area contributed by atoms with Crippen molar-refractivity contribution in [2.24, 2.45) is 29.6 Å². The summed E-state index contributed by atoms with van der Waals surface area (Å²) in [5, 5.41) is 17.9. The van der Waals surface area contributed by atoms with Crippen molar-refractivity contribution in [2.75, 3.05) is 6.61 Å². The molecule has 2 fully saturated rings. The van der Waals surface area contributed by atoms with Crippen LogP contribution in [0.1, 0.15) is 187 Å². The van der Waals surface area contributed by atoms with Crippen LogP contribution in [0.25, 0.3) is 0 Å². The van der Waals surface area contributed by atoms with E-state index in [2.05, 4.69) is 38.2 Å². The molecular formula is C46H74O11. The summed E-state index contributed by atoms with van der Waals surface area (Å²) in [5.41, 5.74) is 0. The number of hydrogen-bond donors (Lipinski definition) is 2. The summed E-state index contributed by atoms with van der Waals surface area (Å²) in [4.78, 5) is 72.1. The van der Waals surface area contributed by atoms with Gasteiger partial charge < -0.3 is 24.4 Å². The summed E-state index contributed by atoms with van der Waals surface area (Å²) in [5.74, 6) is -4.72. The van der Waals surface area contributed by atoms with E-state index >= 15 is 0 Å². The fourth-order valence-electron chi connectivity index (χ4n) is 8.17. The van der Waals surface area contributed by atoms with Gasteiger partial charge in [0.05, 0.1) is 37.4 Å². The topological polar surface area (TPSA) is 171 Å².